The molecule has 3 aromatic rings. The lowest BCUT2D eigenvalue weighted by Crippen LogP contribution is -2.16. The van der Waals surface area contributed by atoms with Gasteiger partial charge in [-0.15, -0.1) is 0 Å². The third-order valence-electron chi connectivity index (χ3n) is 3.41. The maximum absolute atomic E-state index is 13.0. The molecule has 0 atom stereocenters. The van der Waals surface area contributed by atoms with Crippen LogP contribution in [0.2, 0.25) is 0 Å². The number of halogens is 1. The molecule has 2 N–H and O–H groups in total. The zero-order valence-corrected chi connectivity index (χ0v) is 12.9. The highest BCUT2D eigenvalue weighted by atomic mass is 19.1. The van der Waals surface area contributed by atoms with Crippen LogP contribution in [-0.2, 0) is 6.54 Å². The minimum absolute atomic E-state index is 0.177. The Hall–Kier alpha value is -3.55. The summed E-state index contributed by atoms with van der Waals surface area (Å²) in [6.07, 6.45) is 2.94. The van der Waals surface area contributed by atoms with Crippen molar-refractivity contribution < 1.29 is 19.1 Å². The van der Waals surface area contributed by atoms with Gasteiger partial charge in [0.2, 0.25) is 0 Å². The summed E-state index contributed by atoms with van der Waals surface area (Å²) in [7, 11) is 0. The summed E-state index contributed by atoms with van der Waals surface area (Å²) >= 11 is 0. The van der Waals surface area contributed by atoms with Crippen LogP contribution in [0.25, 0.3) is 0 Å². The molecule has 7 nitrogen and oxygen atoms in total. The Bertz CT molecular complexity index is 907. The molecule has 0 saturated carbocycles. The number of aromatic nitrogens is 3. The Morgan fingerprint density at radius 1 is 1.20 bits per heavy atom. The Balaban J connectivity index is 1.88. The monoisotopic (exact) mass is 340 g/mol. The fourth-order valence-electron chi connectivity index (χ4n) is 2.19. The second-order valence-electron chi connectivity index (χ2n) is 5.20. The van der Waals surface area contributed by atoms with Crippen LogP contribution in [0.5, 0.6) is 0 Å². The van der Waals surface area contributed by atoms with Gasteiger partial charge in [-0.2, -0.15) is 5.10 Å². The molecule has 8 heteroatoms. The average Bonchev–Trinajstić information content (AvgIpc) is 3.00. The Labute approximate surface area is 141 Å². The summed E-state index contributed by atoms with van der Waals surface area (Å²) in [5.41, 5.74) is 0.829. The van der Waals surface area contributed by atoms with E-state index in [2.05, 4.69) is 15.4 Å². The molecular formula is C17H13FN4O3. The minimum Gasteiger partial charge on any atom is -0.476 e. The van der Waals surface area contributed by atoms with E-state index in [0.29, 0.717) is 11.1 Å². The van der Waals surface area contributed by atoms with Gasteiger partial charge in [0.1, 0.15) is 11.6 Å². The summed E-state index contributed by atoms with van der Waals surface area (Å²) in [5.74, 6) is -1.81. The molecule has 126 valence electrons. The van der Waals surface area contributed by atoms with Crippen LogP contribution in [0.15, 0.2) is 54.9 Å². The fourth-order valence-corrected chi connectivity index (χ4v) is 2.19. The van der Waals surface area contributed by atoms with Crippen LogP contribution >= 0.6 is 0 Å². The molecular weight excluding hydrogens is 327 g/mol. The number of aromatic carboxylic acids is 1. The van der Waals surface area contributed by atoms with Gasteiger partial charge in [-0.25, -0.2) is 13.9 Å². The number of carboxylic acids is 1. The Kier molecular flexibility index (Phi) is 4.51. The van der Waals surface area contributed by atoms with E-state index < -0.39 is 11.9 Å². The zero-order chi connectivity index (χ0) is 17.8. The van der Waals surface area contributed by atoms with E-state index in [1.807, 2.05) is 0 Å². The number of hydrogen-bond donors (Lipinski definition) is 2. The summed E-state index contributed by atoms with van der Waals surface area (Å²) in [5, 5.41) is 15.7. The van der Waals surface area contributed by atoms with Crippen molar-refractivity contribution in [1.29, 1.82) is 0 Å². The average molecular weight is 340 g/mol. The molecule has 2 heterocycles. The molecule has 0 aliphatic rings. The number of pyridine rings is 1. The van der Waals surface area contributed by atoms with Crippen molar-refractivity contribution in [2.45, 2.75) is 6.54 Å². The van der Waals surface area contributed by atoms with Crippen LogP contribution in [0, 0.1) is 5.82 Å². The van der Waals surface area contributed by atoms with Crippen molar-refractivity contribution in [2.75, 3.05) is 5.32 Å². The molecule has 0 radical (unpaired) electrons. The van der Waals surface area contributed by atoms with Crippen molar-refractivity contribution >= 4 is 17.7 Å². The van der Waals surface area contributed by atoms with E-state index in [-0.39, 0.29) is 23.9 Å². The van der Waals surface area contributed by atoms with Gasteiger partial charge >= 0.3 is 5.97 Å². The van der Waals surface area contributed by atoms with Crippen molar-refractivity contribution in [2.24, 2.45) is 0 Å². The predicted molar refractivity (Wildman–Crippen MR) is 86.9 cm³/mol. The second kappa shape index (κ2) is 6.91. The van der Waals surface area contributed by atoms with Crippen LogP contribution < -0.4 is 5.32 Å². The molecule has 0 saturated heterocycles. The highest BCUT2D eigenvalue weighted by molar-refractivity contribution is 6.04. The first kappa shape index (κ1) is 16.3. The molecule has 1 amide bonds. The standard InChI is InChI=1S/C17H13FN4O3/c18-13-5-3-11(4-6-13)10-22-15(8-14(21-22)17(24)25)20-16(23)12-2-1-7-19-9-12/h1-9H,10H2,(H,20,23)(H,24,25). The summed E-state index contributed by atoms with van der Waals surface area (Å²) in [4.78, 5) is 27.3. The van der Waals surface area contributed by atoms with Gasteiger partial charge in [0.05, 0.1) is 12.1 Å². The van der Waals surface area contributed by atoms with Gasteiger partial charge in [-0.05, 0) is 29.8 Å². The molecule has 0 fully saturated rings. The van der Waals surface area contributed by atoms with Gasteiger partial charge in [0.25, 0.3) is 5.91 Å². The summed E-state index contributed by atoms with van der Waals surface area (Å²) in [6, 6.07) is 10.2. The number of nitrogens with one attached hydrogen (secondary N) is 1. The molecule has 0 aliphatic carbocycles. The van der Waals surface area contributed by atoms with Crippen molar-refractivity contribution in [3.05, 3.63) is 77.5 Å². The topological polar surface area (TPSA) is 97.1 Å². The maximum Gasteiger partial charge on any atom is 0.356 e. The van der Waals surface area contributed by atoms with E-state index in [0.717, 1.165) is 0 Å². The largest absolute Gasteiger partial charge is 0.476 e. The molecule has 3 rings (SSSR count). The third-order valence-corrected chi connectivity index (χ3v) is 3.41. The number of carbonyl (C=O) groups excluding carboxylic acids is 1. The number of nitrogens with zero attached hydrogens (tertiary/aromatic N) is 3. The molecule has 0 aliphatic heterocycles. The van der Waals surface area contributed by atoms with E-state index in [1.54, 1.807) is 24.3 Å². The second-order valence-corrected chi connectivity index (χ2v) is 5.20. The minimum atomic E-state index is -1.21. The lowest BCUT2D eigenvalue weighted by Gasteiger charge is -2.09. The number of carboxylic acid groups (broad SMARTS) is 1. The van der Waals surface area contributed by atoms with Crippen LogP contribution in [0.1, 0.15) is 26.4 Å². The van der Waals surface area contributed by atoms with Crippen LogP contribution in [-0.4, -0.2) is 31.7 Å². The zero-order valence-electron chi connectivity index (χ0n) is 12.9. The van der Waals surface area contributed by atoms with E-state index in [4.69, 9.17) is 5.11 Å². The predicted octanol–water partition coefficient (Wildman–Crippen LogP) is 2.42. The first-order valence-electron chi connectivity index (χ1n) is 7.30. The molecule has 0 bridgehead atoms. The summed E-state index contributed by atoms with van der Waals surface area (Å²) in [6.45, 7) is 0.177. The number of anilines is 1. The van der Waals surface area contributed by atoms with Gasteiger partial charge < -0.3 is 10.4 Å². The molecule has 0 spiro atoms. The first-order valence-corrected chi connectivity index (χ1v) is 7.30. The highest BCUT2D eigenvalue weighted by Crippen LogP contribution is 2.15. The maximum atomic E-state index is 13.0. The first-order chi connectivity index (χ1) is 12.0. The fraction of sp³-hybridized carbons (Fsp3) is 0.0588. The Morgan fingerprint density at radius 2 is 1.96 bits per heavy atom. The van der Waals surface area contributed by atoms with Crippen LogP contribution in [0.4, 0.5) is 10.2 Å². The quantitative estimate of drug-likeness (QED) is 0.743. The molecule has 1 aromatic carbocycles. The van der Waals surface area contributed by atoms with Gasteiger partial charge in [-0.3, -0.25) is 9.78 Å². The van der Waals surface area contributed by atoms with E-state index in [9.17, 15) is 14.0 Å². The molecule has 25 heavy (non-hydrogen) atoms. The smallest absolute Gasteiger partial charge is 0.356 e. The van der Waals surface area contributed by atoms with E-state index >= 15 is 0 Å². The Morgan fingerprint density at radius 3 is 2.60 bits per heavy atom. The normalized spacial score (nSPS) is 10.4. The third kappa shape index (κ3) is 3.86. The lowest BCUT2D eigenvalue weighted by molar-refractivity contribution is 0.0689. The van der Waals surface area contributed by atoms with Gasteiger partial charge in [0.15, 0.2) is 5.69 Å². The van der Waals surface area contributed by atoms with Gasteiger partial charge in [-0.1, -0.05) is 12.1 Å². The summed E-state index contributed by atoms with van der Waals surface area (Å²) < 4.78 is 14.3. The van der Waals surface area contributed by atoms with E-state index in [1.165, 1.54) is 35.3 Å². The number of hydrogen-bond acceptors (Lipinski definition) is 4. The van der Waals surface area contributed by atoms with Gasteiger partial charge in [0, 0.05) is 18.5 Å². The van der Waals surface area contributed by atoms with Crippen molar-refractivity contribution in [1.82, 2.24) is 14.8 Å². The molecule has 2 aromatic heterocycles. The number of benzene rings is 1. The lowest BCUT2D eigenvalue weighted by atomic mass is 10.2. The van der Waals surface area contributed by atoms with Crippen LogP contribution in [0.3, 0.4) is 0 Å². The molecule has 0 unspecified atom stereocenters. The highest BCUT2D eigenvalue weighted by Gasteiger charge is 2.16. The number of carbonyl (C=O) groups is 2. The van der Waals surface area contributed by atoms with Crippen molar-refractivity contribution in [3.63, 3.8) is 0 Å². The van der Waals surface area contributed by atoms with Crippen molar-refractivity contribution in [3.8, 4) is 0 Å². The SMILES string of the molecule is O=C(Nc1cc(C(=O)O)nn1Cc1ccc(F)cc1)c1cccnc1. The number of amides is 1. The number of rotatable bonds is 5.